The molecule has 0 aromatic heterocycles. The smallest absolute Gasteiger partial charge is 0.371 e. The third-order valence-electron chi connectivity index (χ3n) is 28.8. The van der Waals surface area contributed by atoms with Crippen molar-refractivity contribution >= 4 is 11.8 Å². The molecule has 13 heterocycles. The molecular weight excluding hydrogens is 1820 g/mol. The second kappa shape index (κ2) is 67.3. The van der Waals surface area contributed by atoms with Gasteiger partial charge in [0.15, 0.2) is 0 Å². The number of morpholine rings is 7. The highest BCUT2D eigenvalue weighted by Gasteiger charge is 2.52. The zero-order chi connectivity index (χ0) is 102. The van der Waals surface area contributed by atoms with Gasteiger partial charge in [0.05, 0.1) is 130 Å². The number of thioether (sulfide) groups is 1. The van der Waals surface area contributed by atoms with Gasteiger partial charge >= 0.3 is 6.11 Å². The first kappa shape index (κ1) is 137. The maximum Gasteiger partial charge on any atom is 0.371 e. The van der Waals surface area contributed by atoms with Gasteiger partial charge in [-0.1, -0.05) is 29.7 Å². The Morgan fingerprint density at radius 1 is 0.350 bits per heavy atom. The van der Waals surface area contributed by atoms with Crippen LogP contribution in [-0.2, 0) is 47.4 Å². The van der Waals surface area contributed by atoms with Crippen molar-refractivity contribution in [2.45, 2.75) is 451 Å². The van der Waals surface area contributed by atoms with E-state index in [2.05, 4.69) is 218 Å². The molecule has 17 rings (SSSR count). The van der Waals surface area contributed by atoms with Gasteiger partial charge < -0.3 is 47.5 Å². The number of rotatable bonds is 14. The van der Waals surface area contributed by atoms with E-state index in [1.165, 1.54) is 114 Å². The van der Waals surface area contributed by atoms with Gasteiger partial charge in [-0.2, -0.15) is 20.5 Å². The highest BCUT2D eigenvalue weighted by molar-refractivity contribution is 7.99. The summed E-state index contributed by atoms with van der Waals surface area (Å²) in [4.78, 5) is 29.6. The van der Waals surface area contributed by atoms with E-state index in [0.717, 1.165) is 169 Å². The van der Waals surface area contributed by atoms with Gasteiger partial charge in [0, 0.05) is 237 Å². The van der Waals surface area contributed by atoms with E-state index >= 15 is 0 Å². The minimum atomic E-state index is -3.38. The van der Waals surface area contributed by atoms with Crippen LogP contribution in [0.1, 0.15) is 301 Å². The number of ether oxygens (including phenoxy) is 10. The fourth-order valence-electron chi connectivity index (χ4n) is 19.0. The molecule has 4 aliphatic carbocycles. The average Bonchev–Trinajstić information content (AvgIpc) is 1.62. The number of hydrogen-bond donors (Lipinski definition) is 0. The van der Waals surface area contributed by atoms with Crippen LogP contribution in [0, 0.1) is 5.41 Å². The van der Waals surface area contributed by atoms with Gasteiger partial charge in [0.1, 0.15) is 6.61 Å². The molecule has 13 saturated heterocycles. The van der Waals surface area contributed by atoms with E-state index in [9.17, 15) is 35.1 Å². The fourth-order valence-corrected chi connectivity index (χ4v) is 19.9. The monoisotopic (exact) mass is 2040 g/mol. The van der Waals surface area contributed by atoms with Crippen LogP contribution in [0.3, 0.4) is 0 Å². The van der Waals surface area contributed by atoms with E-state index < -0.39 is 42.8 Å². The van der Waals surface area contributed by atoms with Gasteiger partial charge in [-0.15, -0.1) is 0 Å². The van der Waals surface area contributed by atoms with Gasteiger partial charge in [-0.25, -0.2) is 26.3 Å². The van der Waals surface area contributed by atoms with Crippen LogP contribution in [0.2, 0.25) is 0 Å². The lowest BCUT2D eigenvalue weighted by Crippen LogP contribution is -2.57. The van der Waals surface area contributed by atoms with Crippen molar-refractivity contribution in [1.29, 1.82) is 0 Å². The van der Waals surface area contributed by atoms with E-state index in [1.807, 2.05) is 27.7 Å². The molecule has 2 spiro atoms. The molecule has 32 heteroatoms. The summed E-state index contributed by atoms with van der Waals surface area (Å²) >= 11 is 2.07. The summed E-state index contributed by atoms with van der Waals surface area (Å²) in [6, 6.07) is 9.34. The van der Waals surface area contributed by atoms with Gasteiger partial charge in [0.2, 0.25) is 11.7 Å². The minimum Gasteiger partial charge on any atom is -0.380 e. The first-order chi connectivity index (χ1) is 63.6. The van der Waals surface area contributed by atoms with E-state index in [4.69, 9.17) is 42.6 Å². The van der Waals surface area contributed by atoms with Crippen molar-refractivity contribution in [2.75, 3.05) is 248 Å². The van der Waals surface area contributed by atoms with Crippen LogP contribution in [-0.4, -0.2) is 462 Å². The molecule has 7 atom stereocenters. The van der Waals surface area contributed by atoms with E-state index in [1.54, 1.807) is 23.6 Å². The summed E-state index contributed by atoms with van der Waals surface area (Å²) in [6.45, 7) is 88.2. The Morgan fingerprint density at radius 3 is 1.17 bits per heavy atom. The molecule has 0 amide bonds. The molecule has 0 aromatic rings. The number of hydrogen-bond acceptors (Lipinski definition) is 24. The van der Waals surface area contributed by atoms with Crippen LogP contribution < -0.4 is 0 Å². The van der Waals surface area contributed by atoms with Gasteiger partial charge in [-0.3, -0.25) is 63.5 Å². The van der Waals surface area contributed by atoms with Crippen molar-refractivity contribution in [1.82, 2.24) is 63.7 Å². The number of alkyl halides is 8. The topological polar surface area (TPSA) is 134 Å². The van der Waals surface area contributed by atoms with Crippen molar-refractivity contribution in [2.24, 2.45) is 5.41 Å². The molecule has 0 N–H and O–H groups in total. The summed E-state index contributed by atoms with van der Waals surface area (Å²) in [5.41, 5.74) is 1.05. The highest BCUT2D eigenvalue weighted by Crippen LogP contribution is 2.48. The van der Waals surface area contributed by atoms with Crippen molar-refractivity contribution in [3.8, 4) is 0 Å². The largest absolute Gasteiger partial charge is 0.380 e. The van der Waals surface area contributed by atoms with Crippen molar-refractivity contribution in [3.05, 3.63) is 0 Å². The summed E-state index contributed by atoms with van der Waals surface area (Å²) in [5, 5.41) is 0. The molecule has 4 saturated carbocycles. The summed E-state index contributed by atoms with van der Waals surface area (Å²) in [6.07, 6.45) is 11.7. The van der Waals surface area contributed by atoms with Crippen LogP contribution in [0.4, 0.5) is 35.1 Å². The highest BCUT2D eigenvalue weighted by atomic mass is 32.2. The minimum absolute atomic E-state index is 0. The Balaban J connectivity index is 0.000000758. The third-order valence-corrected chi connectivity index (χ3v) is 29.7. The first-order valence-corrected chi connectivity index (χ1v) is 54.6. The molecule has 840 valence electrons. The van der Waals surface area contributed by atoms with Gasteiger partial charge in [0.25, 0.3) is 11.8 Å². The number of likely N-dealkylation sites (tertiary alicyclic amines) is 2. The normalized spacial score (nSPS) is 28.7. The Bertz CT molecular complexity index is 2980. The van der Waals surface area contributed by atoms with Gasteiger partial charge in [-0.05, 0) is 272 Å². The molecule has 17 fully saturated rings. The molecule has 13 aliphatic heterocycles. The van der Waals surface area contributed by atoms with Crippen molar-refractivity contribution in [3.63, 3.8) is 0 Å². The van der Waals surface area contributed by atoms with E-state index in [-0.39, 0.29) is 73.9 Å². The lowest BCUT2D eigenvalue weighted by molar-refractivity contribution is -0.361. The maximum atomic E-state index is 13.2. The number of halogens is 8. The van der Waals surface area contributed by atoms with Crippen LogP contribution in [0.25, 0.3) is 0 Å². The Labute approximate surface area is 858 Å². The molecule has 23 nitrogen and oxygen atoms in total. The van der Waals surface area contributed by atoms with Crippen molar-refractivity contribution < 1.29 is 82.5 Å². The zero-order valence-electron chi connectivity index (χ0n) is 91.7. The third kappa shape index (κ3) is 54.2. The fraction of sp³-hybridized carbons (Fsp3) is 1.00. The number of nitrogens with zero attached hydrogens (tertiary/aromatic N) is 13. The quantitative estimate of drug-likeness (QED) is 0.153. The molecule has 0 radical (unpaired) electrons. The SMILES string of the molecule is C.C.C.C.CC(C)N(C)C1CC1.CC(C)N1CC(C)(F)OC(F)(F)C1.CC(C)N1CC2CCC(C1)O2.CC(C)N1CCC(F)(F)C1.CC(C)N1CCCOCC1.CC(C)N1CCOC(C)(F)C1.CC(C)N1CCOC2CC21.CC(C)N1CCOCC(F)(F)C1.CC(C)N1CCOCC1.CC(C)N1CCOCC12CC2.CC(C)N1CCOCC2(CC2)C1.CC(C)N1CCOC[C@H]1C.CC(C)N1CCSCC1. The zero-order valence-corrected chi connectivity index (χ0v) is 92.6. The Kier molecular flexibility index (Phi) is 65.8. The molecule has 17 aliphatic rings. The standard InChI is InChI=1S/C10H19NO.2C9H17NO.C8H14F3NO.C8H15F2NO.C8H16FNO.C8H15NO.2C8H17NO.C7H13F2N.C7H15NO.C7H15NS.C7H15N.4CH4/c1-9(2)11-5-6-12-8-10(7-11)3-4-10;1-7(2)10-5-8-3-4-9(6-10)11-8;1-8(2)10-5-6-11-7-9(10)3-4-9;1-6(2)12-4-7(3,9)13-8(10,11)5-12;1-7(2)11-3-4-12-6-8(9,10)5-11;1-7(2)10-4-5-11-8(3,9)6-10;1-6(2)9-3-4-10-8-5-7(8)9;1-7(2)9-4-5-10-6-8(9)3;1-8(2)9-4-3-6-10-7-5-9;1-6(2)10-4-3-7(8,9)5-10;2*1-7(2)8-3-5-9-6-4-8;1-6(2)8(3)7-4-5-7;;;;/h9H,3-8H2,1-2H3;7-9H,3-6H2,1-2H3;8H,3-7H2,1-2H3;6H,4-5H2,1-3H3;7H,3-6H2,1-2H3;7H,4-6H2,1-3H3;6-8H,3-5H2,1-2H3;7-8H,4-6H2,1-3H3;8H,3-7H2,1-2H3;6H,3-5H2,1-2H3;2*7H,3-6H2,1-2H3;6-7H,4-5H2,1-3H3;4*1H4/t;;;;;;;8-;;;;;;;;;/m.......1........./s1. The maximum absolute atomic E-state index is 13.2. The predicted octanol–water partition coefficient (Wildman–Crippen LogP) is 19.8. The second-order valence-corrected chi connectivity index (χ2v) is 46.3. The lowest BCUT2D eigenvalue weighted by Gasteiger charge is -2.41. The first-order valence-electron chi connectivity index (χ1n) is 53.4. The summed E-state index contributed by atoms with van der Waals surface area (Å²) in [7, 11) is 2.21. The molecular formula is C108H221F8N13O10S. The summed E-state index contributed by atoms with van der Waals surface area (Å²) < 4.78 is 155. The Morgan fingerprint density at radius 2 is 0.771 bits per heavy atom. The second-order valence-electron chi connectivity index (χ2n) is 45.1. The van der Waals surface area contributed by atoms with E-state index in [0.29, 0.717) is 116 Å². The molecule has 6 unspecified atom stereocenters. The van der Waals surface area contributed by atoms with Crippen LogP contribution >= 0.6 is 11.8 Å². The van der Waals surface area contributed by atoms with Crippen LogP contribution in [0.5, 0.6) is 0 Å². The predicted molar refractivity (Wildman–Crippen MR) is 570 cm³/mol. The van der Waals surface area contributed by atoms with Crippen LogP contribution in [0.15, 0.2) is 0 Å². The Hall–Kier alpha value is -1.13. The molecule has 140 heavy (non-hydrogen) atoms. The lowest BCUT2D eigenvalue weighted by atomic mass is 10.1. The molecule has 2 bridgehead atoms. The molecule has 0 aromatic carbocycles. The number of fused-ring (bicyclic) bond motifs is 3. The summed E-state index contributed by atoms with van der Waals surface area (Å²) in [5.74, 6) is -6.14. The average molecular weight is 2050 g/mol.